The number of rotatable bonds is 4. The highest BCUT2D eigenvalue weighted by Gasteiger charge is 2.14. The molecule has 6 nitrogen and oxygen atoms in total. The predicted octanol–water partition coefficient (Wildman–Crippen LogP) is 4.05. The lowest BCUT2D eigenvalue weighted by molar-refractivity contribution is -0.385. The topological polar surface area (TPSA) is 68.5 Å². The summed E-state index contributed by atoms with van der Waals surface area (Å²) in [6.45, 7) is 0.638. The molecular formula is C18H14FN3O3S. The van der Waals surface area contributed by atoms with Gasteiger partial charge in [0.15, 0.2) is 11.6 Å². The van der Waals surface area contributed by atoms with Gasteiger partial charge in [-0.3, -0.25) is 20.0 Å². The Balaban J connectivity index is 1.92. The first-order chi connectivity index (χ1) is 12.4. The molecule has 1 aromatic carbocycles. The molecule has 2 heterocycles. The van der Waals surface area contributed by atoms with Crippen LogP contribution >= 0.6 is 11.3 Å². The van der Waals surface area contributed by atoms with Gasteiger partial charge in [0.25, 0.3) is 5.69 Å². The predicted molar refractivity (Wildman–Crippen MR) is 98.2 cm³/mol. The van der Waals surface area contributed by atoms with Gasteiger partial charge in [0.2, 0.25) is 0 Å². The highest BCUT2D eigenvalue weighted by atomic mass is 32.1. The van der Waals surface area contributed by atoms with Gasteiger partial charge in [0.1, 0.15) is 5.75 Å². The van der Waals surface area contributed by atoms with E-state index in [0.717, 1.165) is 15.6 Å². The molecule has 132 valence electrons. The Labute approximate surface area is 153 Å². The van der Waals surface area contributed by atoms with Gasteiger partial charge in [-0.2, -0.15) is 0 Å². The first kappa shape index (κ1) is 17.8. The number of aromatic nitrogens is 1. The van der Waals surface area contributed by atoms with Crippen LogP contribution in [0, 0.1) is 27.8 Å². The van der Waals surface area contributed by atoms with Crippen molar-refractivity contribution in [3.63, 3.8) is 0 Å². The maximum Gasteiger partial charge on any atom is 0.272 e. The SMILES string of the molecule is CN(C)CC#Cc1cc2nccc(Oc3ccc([N+](=O)[O-])cc3F)c2s1. The van der Waals surface area contributed by atoms with E-state index in [2.05, 4.69) is 16.8 Å². The van der Waals surface area contributed by atoms with Gasteiger partial charge in [0.05, 0.1) is 32.6 Å². The molecule has 8 heteroatoms. The third-order valence-electron chi connectivity index (χ3n) is 3.33. The Kier molecular flexibility index (Phi) is 5.11. The molecule has 0 amide bonds. The first-order valence-corrected chi connectivity index (χ1v) is 8.39. The number of halogens is 1. The highest BCUT2D eigenvalue weighted by Crippen LogP contribution is 2.36. The van der Waals surface area contributed by atoms with E-state index in [0.29, 0.717) is 17.8 Å². The van der Waals surface area contributed by atoms with Crippen molar-refractivity contribution >= 4 is 27.2 Å². The number of hydrogen-bond donors (Lipinski definition) is 0. The van der Waals surface area contributed by atoms with Gasteiger partial charge < -0.3 is 4.74 Å². The summed E-state index contributed by atoms with van der Waals surface area (Å²) in [5.41, 5.74) is 0.369. The minimum Gasteiger partial charge on any atom is -0.453 e. The zero-order chi connectivity index (χ0) is 18.7. The zero-order valence-electron chi connectivity index (χ0n) is 14.0. The Morgan fingerprint density at radius 1 is 1.31 bits per heavy atom. The van der Waals surface area contributed by atoms with Gasteiger partial charge in [-0.1, -0.05) is 11.8 Å². The molecule has 0 bridgehead atoms. The van der Waals surface area contributed by atoms with Crippen LogP contribution in [0.2, 0.25) is 0 Å². The van der Waals surface area contributed by atoms with E-state index in [-0.39, 0.29) is 11.4 Å². The van der Waals surface area contributed by atoms with Crippen LogP contribution in [-0.4, -0.2) is 35.4 Å². The minimum atomic E-state index is -0.799. The summed E-state index contributed by atoms with van der Waals surface area (Å²) < 4.78 is 20.4. The van der Waals surface area contributed by atoms with Crippen molar-refractivity contribution in [3.05, 3.63) is 57.3 Å². The van der Waals surface area contributed by atoms with E-state index in [4.69, 9.17) is 4.74 Å². The lowest BCUT2D eigenvalue weighted by Crippen LogP contribution is -2.10. The van der Waals surface area contributed by atoms with E-state index in [1.165, 1.54) is 23.5 Å². The lowest BCUT2D eigenvalue weighted by Gasteiger charge is -2.07. The number of non-ortho nitro benzene ring substituents is 1. The molecule has 0 unspecified atom stereocenters. The number of benzene rings is 1. The second-order valence-electron chi connectivity index (χ2n) is 5.65. The maximum atomic E-state index is 14.1. The summed E-state index contributed by atoms with van der Waals surface area (Å²) in [5, 5.41) is 10.7. The number of nitrogens with zero attached hydrogens (tertiary/aromatic N) is 3. The van der Waals surface area contributed by atoms with E-state index >= 15 is 0 Å². The van der Waals surface area contributed by atoms with E-state index in [1.807, 2.05) is 25.1 Å². The fraction of sp³-hybridized carbons (Fsp3) is 0.167. The Hall–Kier alpha value is -3.02. The standard InChI is InChI=1S/C18H14FN3O3S/c1-21(2)9-3-4-13-11-15-18(26-13)17(7-8-20-15)25-16-6-5-12(22(23)24)10-14(16)19/h5-8,10-11H,9H2,1-2H3. The van der Waals surface area contributed by atoms with Crippen molar-refractivity contribution < 1.29 is 14.1 Å². The third kappa shape index (κ3) is 3.96. The molecule has 2 aromatic heterocycles. The molecule has 0 aliphatic heterocycles. The van der Waals surface area contributed by atoms with Gasteiger partial charge in [-0.05, 0) is 26.2 Å². The van der Waals surface area contributed by atoms with Crippen LogP contribution in [0.15, 0.2) is 36.5 Å². The number of pyridine rings is 1. The van der Waals surface area contributed by atoms with Crippen LogP contribution in [0.25, 0.3) is 10.2 Å². The normalized spacial score (nSPS) is 10.6. The maximum absolute atomic E-state index is 14.1. The monoisotopic (exact) mass is 371 g/mol. The molecule has 0 radical (unpaired) electrons. The van der Waals surface area contributed by atoms with E-state index in [9.17, 15) is 14.5 Å². The molecular weight excluding hydrogens is 357 g/mol. The highest BCUT2D eigenvalue weighted by molar-refractivity contribution is 7.19. The summed E-state index contributed by atoms with van der Waals surface area (Å²) in [7, 11) is 3.87. The molecule has 0 spiro atoms. The second kappa shape index (κ2) is 7.47. The average Bonchev–Trinajstić information content (AvgIpc) is 3.00. The molecule has 0 saturated heterocycles. The van der Waals surface area contributed by atoms with Crippen molar-refractivity contribution in [2.45, 2.75) is 0 Å². The van der Waals surface area contributed by atoms with Gasteiger partial charge in [-0.15, -0.1) is 11.3 Å². The van der Waals surface area contributed by atoms with Crippen molar-refractivity contribution in [1.82, 2.24) is 9.88 Å². The smallest absolute Gasteiger partial charge is 0.272 e. The van der Waals surface area contributed by atoms with Crippen LogP contribution in [0.1, 0.15) is 4.88 Å². The van der Waals surface area contributed by atoms with E-state index in [1.54, 1.807) is 12.3 Å². The van der Waals surface area contributed by atoms with Crippen LogP contribution < -0.4 is 4.74 Å². The van der Waals surface area contributed by atoms with Crippen molar-refractivity contribution in [1.29, 1.82) is 0 Å². The molecule has 0 aliphatic rings. The van der Waals surface area contributed by atoms with E-state index < -0.39 is 10.7 Å². The molecule has 0 fully saturated rings. The summed E-state index contributed by atoms with van der Waals surface area (Å²) in [4.78, 5) is 17.1. The average molecular weight is 371 g/mol. The van der Waals surface area contributed by atoms with Crippen molar-refractivity contribution in [2.75, 3.05) is 20.6 Å². The van der Waals surface area contributed by atoms with Crippen molar-refractivity contribution in [3.8, 4) is 23.3 Å². The van der Waals surface area contributed by atoms with Crippen LogP contribution in [-0.2, 0) is 0 Å². The van der Waals surface area contributed by atoms with Gasteiger partial charge in [-0.25, -0.2) is 4.39 Å². The second-order valence-corrected chi connectivity index (χ2v) is 6.70. The molecule has 0 saturated carbocycles. The fourth-order valence-corrected chi connectivity index (χ4v) is 3.09. The van der Waals surface area contributed by atoms with Crippen molar-refractivity contribution in [2.24, 2.45) is 0 Å². The third-order valence-corrected chi connectivity index (χ3v) is 4.38. The quantitative estimate of drug-likeness (QED) is 0.393. The summed E-state index contributed by atoms with van der Waals surface area (Å²) >= 11 is 1.40. The van der Waals surface area contributed by atoms with Gasteiger partial charge >= 0.3 is 0 Å². The number of thiophene rings is 1. The minimum absolute atomic E-state index is 0.0864. The number of nitro benzene ring substituents is 1. The Morgan fingerprint density at radius 3 is 2.81 bits per heavy atom. The first-order valence-electron chi connectivity index (χ1n) is 7.58. The van der Waals surface area contributed by atoms with Crippen LogP contribution in [0.4, 0.5) is 10.1 Å². The summed E-state index contributed by atoms with van der Waals surface area (Å²) in [6.07, 6.45) is 1.56. The molecule has 3 rings (SSSR count). The molecule has 26 heavy (non-hydrogen) atoms. The van der Waals surface area contributed by atoms with Gasteiger partial charge in [0, 0.05) is 18.3 Å². The zero-order valence-corrected chi connectivity index (χ0v) is 14.8. The Morgan fingerprint density at radius 2 is 2.12 bits per heavy atom. The molecule has 0 aliphatic carbocycles. The fourth-order valence-electron chi connectivity index (χ4n) is 2.15. The largest absolute Gasteiger partial charge is 0.453 e. The number of fused-ring (bicyclic) bond motifs is 1. The lowest BCUT2D eigenvalue weighted by atomic mass is 10.3. The molecule has 0 N–H and O–H groups in total. The number of ether oxygens (including phenoxy) is 1. The summed E-state index contributed by atoms with van der Waals surface area (Å²) in [6, 6.07) is 6.74. The number of hydrogen-bond acceptors (Lipinski definition) is 6. The van der Waals surface area contributed by atoms with Crippen LogP contribution in [0.5, 0.6) is 11.5 Å². The number of nitro groups is 1. The Bertz CT molecular complexity index is 1040. The summed E-state index contributed by atoms with van der Waals surface area (Å²) in [5.74, 6) is 5.66. The molecule has 3 aromatic rings. The van der Waals surface area contributed by atoms with Crippen LogP contribution in [0.3, 0.4) is 0 Å². The molecule has 0 atom stereocenters.